The number of hydrogen-bond acceptors (Lipinski definition) is 2. The molecule has 0 atom stereocenters. The van der Waals surface area contributed by atoms with Gasteiger partial charge in [0, 0.05) is 23.1 Å². The maximum Gasteiger partial charge on any atom is 0.0459 e. The van der Waals surface area contributed by atoms with Gasteiger partial charge in [-0.3, -0.25) is 4.90 Å². The highest BCUT2D eigenvalue weighted by atomic mass is 15.1. The topological polar surface area (TPSA) is 31.1 Å². The minimum atomic E-state index is 0.915. The third kappa shape index (κ3) is 3.30. The van der Waals surface area contributed by atoms with E-state index in [0.717, 1.165) is 19.0 Å². The standard InChI is InChI=1S/C18H27N3/c1-14-17(16-5-3-4-6-18(16)20-14)13-21-11-8-15(9-12-21)7-10-19-2/h3-6,15,19-20H,7-13H2,1-2H3. The summed E-state index contributed by atoms with van der Waals surface area (Å²) in [5, 5.41) is 4.67. The van der Waals surface area contributed by atoms with Gasteiger partial charge in [-0.2, -0.15) is 0 Å². The van der Waals surface area contributed by atoms with E-state index in [4.69, 9.17) is 0 Å². The van der Waals surface area contributed by atoms with Crippen molar-refractivity contribution in [2.45, 2.75) is 32.7 Å². The summed E-state index contributed by atoms with van der Waals surface area (Å²) in [5.74, 6) is 0.915. The number of hydrogen-bond donors (Lipinski definition) is 2. The molecule has 1 aliphatic heterocycles. The molecular weight excluding hydrogens is 258 g/mol. The highest BCUT2D eigenvalue weighted by Crippen LogP contribution is 2.26. The Morgan fingerprint density at radius 1 is 1.24 bits per heavy atom. The molecule has 0 saturated carbocycles. The maximum absolute atomic E-state index is 3.52. The third-order valence-corrected chi connectivity index (χ3v) is 4.92. The van der Waals surface area contributed by atoms with Crippen LogP contribution in [0, 0.1) is 12.8 Å². The highest BCUT2D eigenvalue weighted by molar-refractivity contribution is 5.84. The van der Waals surface area contributed by atoms with Gasteiger partial charge in [0.15, 0.2) is 0 Å². The lowest BCUT2D eigenvalue weighted by Crippen LogP contribution is -2.34. The minimum Gasteiger partial charge on any atom is -0.358 e. The maximum atomic E-state index is 3.52. The predicted octanol–water partition coefficient (Wildman–Crippen LogP) is 3.30. The van der Waals surface area contributed by atoms with E-state index in [1.54, 1.807) is 0 Å². The van der Waals surface area contributed by atoms with Crippen LogP contribution in [-0.2, 0) is 6.54 Å². The number of nitrogens with one attached hydrogen (secondary N) is 2. The molecule has 2 aromatic rings. The van der Waals surface area contributed by atoms with Crippen LogP contribution < -0.4 is 5.32 Å². The molecule has 2 heterocycles. The van der Waals surface area contributed by atoms with Gasteiger partial charge >= 0.3 is 0 Å². The summed E-state index contributed by atoms with van der Waals surface area (Å²) >= 11 is 0. The monoisotopic (exact) mass is 285 g/mol. The zero-order chi connectivity index (χ0) is 14.7. The molecule has 1 aliphatic rings. The van der Waals surface area contributed by atoms with Crippen LogP contribution in [0.1, 0.15) is 30.5 Å². The fourth-order valence-electron chi connectivity index (χ4n) is 3.54. The predicted molar refractivity (Wildman–Crippen MR) is 89.6 cm³/mol. The van der Waals surface area contributed by atoms with Crippen molar-refractivity contribution in [1.82, 2.24) is 15.2 Å². The van der Waals surface area contributed by atoms with Crippen LogP contribution in [0.3, 0.4) is 0 Å². The number of nitrogens with zero attached hydrogens (tertiary/aromatic N) is 1. The van der Waals surface area contributed by atoms with Crippen LogP contribution >= 0.6 is 0 Å². The van der Waals surface area contributed by atoms with E-state index in [9.17, 15) is 0 Å². The first-order chi connectivity index (χ1) is 10.3. The molecule has 21 heavy (non-hydrogen) atoms. The largest absolute Gasteiger partial charge is 0.358 e. The van der Waals surface area contributed by atoms with Gasteiger partial charge in [0.1, 0.15) is 0 Å². The molecule has 114 valence electrons. The van der Waals surface area contributed by atoms with Gasteiger partial charge in [-0.05, 0) is 70.4 Å². The summed E-state index contributed by atoms with van der Waals surface area (Å²) in [7, 11) is 2.05. The van der Waals surface area contributed by atoms with Crippen LogP contribution in [0.4, 0.5) is 0 Å². The van der Waals surface area contributed by atoms with Gasteiger partial charge in [-0.1, -0.05) is 18.2 Å². The Labute approximate surface area is 127 Å². The molecule has 1 aromatic heterocycles. The van der Waals surface area contributed by atoms with E-state index in [1.165, 1.54) is 54.5 Å². The zero-order valence-electron chi connectivity index (χ0n) is 13.3. The first-order valence-electron chi connectivity index (χ1n) is 8.21. The number of likely N-dealkylation sites (tertiary alicyclic amines) is 1. The van der Waals surface area contributed by atoms with E-state index >= 15 is 0 Å². The lowest BCUT2D eigenvalue weighted by atomic mass is 9.93. The van der Waals surface area contributed by atoms with Gasteiger partial charge < -0.3 is 10.3 Å². The van der Waals surface area contributed by atoms with Crippen molar-refractivity contribution < 1.29 is 0 Å². The summed E-state index contributed by atoms with van der Waals surface area (Å²) < 4.78 is 0. The number of aryl methyl sites for hydroxylation is 1. The second-order valence-electron chi connectivity index (χ2n) is 6.39. The average molecular weight is 285 g/mol. The van der Waals surface area contributed by atoms with Crippen molar-refractivity contribution in [3.63, 3.8) is 0 Å². The van der Waals surface area contributed by atoms with Crippen LogP contribution in [0.25, 0.3) is 10.9 Å². The Kier molecular flexibility index (Phi) is 4.61. The summed E-state index contributed by atoms with van der Waals surface area (Å²) in [6, 6.07) is 8.67. The minimum absolute atomic E-state index is 0.915. The summed E-state index contributed by atoms with van der Waals surface area (Å²) in [5.41, 5.74) is 4.08. The molecule has 3 heteroatoms. The van der Waals surface area contributed by atoms with Gasteiger partial charge in [0.05, 0.1) is 0 Å². The number of aromatic amines is 1. The SMILES string of the molecule is CNCCC1CCN(Cc2c(C)[nH]c3ccccc23)CC1. The van der Waals surface area contributed by atoms with Gasteiger partial charge in [0.2, 0.25) is 0 Å². The van der Waals surface area contributed by atoms with Crippen molar-refractivity contribution in [2.24, 2.45) is 5.92 Å². The fraction of sp³-hybridized carbons (Fsp3) is 0.556. The Balaban J connectivity index is 1.63. The number of rotatable bonds is 5. The molecule has 0 radical (unpaired) electrons. The third-order valence-electron chi connectivity index (χ3n) is 4.92. The Bertz CT molecular complexity index is 579. The number of H-pyrrole nitrogens is 1. The molecule has 0 unspecified atom stereocenters. The first kappa shape index (κ1) is 14.6. The van der Waals surface area contributed by atoms with E-state index < -0.39 is 0 Å². The summed E-state index contributed by atoms with van der Waals surface area (Å²) in [4.78, 5) is 6.14. The lowest BCUT2D eigenvalue weighted by Gasteiger charge is -2.32. The van der Waals surface area contributed by atoms with Crippen molar-refractivity contribution >= 4 is 10.9 Å². The van der Waals surface area contributed by atoms with Gasteiger partial charge in [-0.15, -0.1) is 0 Å². The van der Waals surface area contributed by atoms with Gasteiger partial charge in [-0.25, -0.2) is 0 Å². The second-order valence-corrected chi connectivity index (χ2v) is 6.39. The smallest absolute Gasteiger partial charge is 0.0459 e. The normalized spacial score (nSPS) is 17.6. The average Bonchev–Trinajstić information content (AvgIpc) is 2.83. The number of aromatic nitrogens is 1. The molecule has 1 aromatic carbocycles. The number of benzene rings is 1. The number of fused-ring (bicyclic) bond motifs is 1. The van der Waals surface area contributed by atoms with Crippen LogP contribution in [0.5, 0.6) is 0 Å². The molecule has 1 saturated heterocycles. The fourth-order valence-corrected chi connectivity index (χ4v) is 3.54. The van der Waals surface area contributed by atoms with Crippen LogP contribution in [-0.4, -0.2) is 36.6 Å². The number of para-hydroxylation sites is 1. The second kappa shape index (κ2) is 6.63. The number of piperidine rings is 1. The van der Waals surface area contributed by atoms with E-state index in [1.807, 2.05) is 0 Å². The Morgan fingerprint density at radius 2 is 2.00 bits per heavy atom. The van der Waals surface area contributed by atoms with Crippen molar-refractivity contribution in [3.05, 3.63) is 35.5 Å². The quantitative estimate of drug-likeness (QED) is 0.883. The summed E-state index contributed by atoms with van der Waals surface area (Å²) in [6.07, 6.45) is 4.03. The van der Waals surface area contributed by atoms with Crippen LogP contribution in [0.2, 0.25) is 0 Å². The molecule has 0 amide bonds. The van der Waals surface area contributed by atoms with Crippen LogP contribution in [0.15, 0.2) is 24.3 Å². The van der Waals surface area contributed by atoms with E-state index in [-0.39, 0.29) is 0 Å². The van der Waals surface area contributed by atoms with Crippen molar-refractivity contribution in [2.75, 3.05) is 26.7 Å². The molecule has 1 fully saturated rings. The zero-order valence-corrected chi connectivity index (χ0v) is 13.3. The molecular formula is C18H27N3. The van der Waals surface area contributed by atoms with Gasteiger partial charge in [0.25, 0.3) is 0 Å². The molecule has 3 rings (SSSR count). The van der Waals surface area contributed by atoms with Crippen molar-refractivity contribution in [3.8, 4) is 0 Å². The Morgan fingerprint density at radius 3 is 2.76 bits per heavy atom. The molecule has 0 bridgehead atoms. The lowest BCUT2D eigenvalue weighted by molar-refractivity contribution is 0.172. The van der Waals surface area contributed by atoms with Crippen molar-refractivity contribution in [1.29, 1.82) is 0 Å². The molecule has 3 nitrogen and oxygen atoms in total. The first-order valence-corrected chi connectivity index (χ1v) is 8.21. The van der Waals surface area contributed by atoms with E-state index in [0.29, 0.717) is 0 Å². The highest BCUT2D eigenvalue weighted by Gasteiger charge is 2.20. The summed E-state index contributed by atoms with van der Waals surface area (Å²) in [6.45, 7) is 6.94. The molecule has 2 N–H and O–H groups in total. The molecule has 0 aliphatic carbocycles. The molecule has 0 spiro atoms. The van der Waals surface area contributed by atoms with E-state index in [2.05, 4.69) is 53.4 Å². The Hall–Kier alpha value is -1.32.